The Morgan fingerprint density at radius 1 is 1.13 bits per heavy atom. The molecular formula is C20H24BrN5O4. The normalized spacial score (nSPS) is 10.9. The molecule has 0 unspecified atom stereocenters. The van der Waals surface area contributed by atoms with Crippen LogP contribution in [-0.4, -0.2) is 45.3 Å². The monoisotopic (exact) mass is 477 g/mol. The number of aromatic nitrogens is 4. The molecule has 1 aromatic carbocycles. The second-order valence-corrected chi connectivity index (χ2v) is 7.23. The molecule has 30 heavy (non-hydrogen) atoms. The molecule has 9 nitrogen and oxygen atoms in total. The predicted octanol–water partition coefficient (Wildman–Crippen LogP) is 3.14. The number of benzene rings is 1. The molecular weight excluding hydrogens is 454 g/mol. The number of nitrogens with zero attached hydrogens (tertiary/aromatic N) is 4. The number of esters is 1. The molecule has 2 heterocycles. The fraction of sp³-hybridized carbons (Fsp3) is 0.400. The number of anilines is 1. The zero-order valence-electron chi connectivity index (χ0n) is 16.9. The Kier molecular flexibility index (Phi) is 7.45. The van der Waals surface area contributed by atoms with E-state index >= 15 is 0 Å². The average Bonchev–Trinajstić information content (AvgIpc) is 3.13. The number of rotatable bonds is 10. The quantitative estimate of drug-likeness (QED) is 0.349. The first kappa shape index (κ1) is 21.8. The van der Waals surface area contributed by atoms with Gasteiger partial charge in [0, 0.05) is 11.0 Å². The SMILES string of the molecule is CCOc1cc(Br)c(CC(=O)OCCCn2cnc3c(N)ncnc32)cc1OCC. The van der Waals surface area contributed by atoms with Crippen LogP contribution in [0.25, 0.3) is 11.2 Å². The van der Waals surface area contributed by atoms with Gasteiger partial charge in [-0.15, -0.1) is 0 Å². The van der Waals surface area contributed by atoms with Crippen molar-refractivity contribution in [3.63, 3.8) is 0 Å². The predicted molar refractivity (Wildman–Crippen MR) is 115 cm³/mol. The Morgan fingerprint density at radius 3 is 2.60 bits per heavy atom. The minimum atomic E-state index is -0.315. The molecule has 0 fully saturated rings. The maximum absolute atomic E-state index is 12.3. The third-order valence-corrected chi connectivity index (χ3v) is 5.02. The molecule has 0 saturated carbocycles. The van der Waals surface area contributed by atoms with Crippen molar-refractivity contribution in [1.29, 1.82) is 0 Å². The number of carbonyl (C=O) groups is 1. The van der Waals surface area contributed by atoms with Gasteiger partial charge >= 0.3 is 5.97 Å². The fourth-order valence-electron chi connectivity index (χ4n) is 2.94. The van der Waals surface area contributed by atoms with Gasteiger partial charge in [0.1, 0.15) is 11.8 Å². The fourth-order valence-corrected chi connectivity index (χ4v) is 3.40. The van der Waals surface area contributed by atoms with Crippen molar-refractivity contribution >= 4 is 38.9 Å². The molecule has 0 bridgehead atoms. The number of halogens is 1. The molecule has 3 rings (SSSR count). The highest BCUT2D eigenvalue weighted by Gasteiger charge is 2.14. The highest BCUT2D eigenvalue weighted by molar-refractivity contribution is 9.10. The van der Waals surface area contributed by atoms with Gasteiger partial charge in [0.05, 0.1) is 32.6 Å². The second-order valence-electron chi connectivity index (χ2n) is 6.38. The first-order chi connectivity index (χ1) is 14.5. The van der Waals surface area contributed by atoms with E-state index < -0.39 is 0 Å². The summed E-state index contributed by atoms with van der Waals surface area (Å²) in [6.45, 7) is 5.72. The summed E-state index contributed by atoms with van der Waals surface area (Å²) in [6.07, 6.45) is 3.81. The van der Waals surface area contributed by atoms with Crippen LogP contribution in [0.2, 0.25) is 0 Å². The zero-order valence-corrected chi connectivity index (χ0v) is 18.5. The van der Waals surface area contributed by atoms with Crippen LogP contribution >= 0.6 is 15.9 Å². The number of hydrogen-bond donors (Lipinski definition) is 1. The average molecular weight is 478 g/mol. The zero-order chi connectivity index (χ0) is 21.5. The van der Waals surface area contributed by atoms with Crippen molar-refractivity contribution in [3.05, 3.63) is 34.8 Å². The van der Waals surface area contributed by atoms with Gasteiger partial charge in [-0.05, 0) is 38.0 Å². The van der Waals surface area contributed by atoms with Crippen molar-refractivity contribution in [2.45, 2.75) is 33.2 Å². The van der Waals surface area contributed by atoms with E-state index in [1.54, 1.807) is 6.33 Å². The minimum absolute atomic E-state index is 0.130. The number of ether oxygens (including phenoxy) is 3. The van der Waals surface area contributed by atoms with E-state index in [9.17, 15) is 4.79 Å². The largest absolute Gasteiger partial charge is 0.490 e. The van der Waals surface area contributed by atoms with Crippen molar-refractivity contribution in [1.82, 2.24) is 19.5 Å². The van der Waals surface area contributed by atoms with E-state index in [1.165, 1.54) is 6.33 Å². The number of imidazole rings is 1. The highest BCUT2D eigenvalue weighted by atomic mass is 79.9. The van der Waals surface area contributed by atoms with Crippen LogP contribution in [0.4, 0.5) is 5.82 Å². The molecule has 2 aromatic heterocycles. The summed E-state index contributed by atoms with van der Waals surface area (Å²) < 4.78 is 19.2. The Bertz CT molecular complexity index is 1020. The minimum Gasteiger partial charge on any atom is -0.490 e. The Labute approximate surface area is 182 Å². The molecule has 10 heteroatoms. The van der Waals surface area contributed by atoms with Crippen LogP contribution in [-0.2, 0) is 22.5 Å². The lowest BCUT2D eigenvalue weighted by atomic mass is 10.1. The lowest BCUT2D eigenvalue weighted by Crippen LogP contribution is -2.11. The van der Waals surface area contributed by atoms with Crippen LogP contribution in [0.15, 0.2) is 29.3 Å². The molecule has 0 aliphatic carbocycles. The number of nitrogen functional groups attached to an aromatic ring is 1. The van der Waals surface area contributed by atoms with Gasteiger partial charge in [-0.2, -0.15) is 0 Å². The van der Waals surface area contributed by atoms with Gasteiger partial charge in [-0.3, -0.25) is 4.79 Å². The molecule has 2 N–H and O–H groups in total. The first-order valence-corrected chi connectivity index (χ1v) is 10.5. The summed E-state index contributed by atoms with van der Waals surface area (Å²) >= 11 is 3.49. The van der Waals surface area contributed by atoms with Gasteiger partial charge in [-0.1, -0.05) is 15.9 Å². The number of nitrogens with two attached hydrogens (primary N) is 1. The maximum Gasteiger partial charge on any atom is 0.310 e. The van der Waals surface area contributed by atoms with Crippen molar-refractivity contribution in [2.75, 3.05) is 25.6 Å². The van der Waals surface area contributed by atoms with E-state index in [1.807, 2.05) is 30.5 Å². The number of carbonyl (C=O) groups excluding carboxylic acids is 1. The molecule has 0 spiro atoms. The van der Waals surface area contributed by atoms with Gasteiger partial charge in [0.15, 0.2) is 23.0 Å². The number of aryl methyl sites for hydroxylation is 1. The van der Waals surface area contributed by atoms with E-state index in [0.717, 1.165) is 10.0 Å². The summed E-state index contributed by atoms with van der Waals surface area (Å²) in [5.41, 5.74) is 7.80. The third kappa shape index (κ3) is 5.18. The van der Waals surface area contributed by atoms with Crippen LogP contribution < -0.4 is 15.2 Å². The molecule has 3 aromatic rings. The lowest BCUT2D eigenvalue weighted by Gasteiger charge is -2.14. The van der Waals surface area contributed by atoms with E-state index in [2.05, 4.69) is 30.9 Å². The molecule has 0 saturated heterocycles. The first-order valence-electron chi connectivity index (χ1n) is 9.68. The Balaban J connectivity index is 1.54. The summed E-state index contributed by atoms with van der Waals surface area (Å²) in [5.74, 6) is 1.28. The van der Waals surface area contributed by atoms with Crippen molar-refractivity contribution in [2.24, 2.45) is 0 Å². The number of hydrogen-bond acceptors (Lipinski definition) is 8. The van der Waals surface area contributed by atoms with Gasteiger partial charge in [0.2, 0.25) is 0 Å². The molecule has 0 aliphatic rings. The van der Waals surface area contributed by atoms with Crippen molar-refractivity contribution in [3.8, 4) is 11.5 Å². The lowest BCUT2D eigenvalue weighted by molar-refractivity contribution is -0.143. The summed E-state index contributed by atoms with van der Waals surface area (Å²) in [6, 6.07) is 3.62. The summed E-state index contributed by atoms with van der Waals surface area (Å²) in [7, 11) is 0. The van der Waals surface area contributed by atoms with Crippen molar-refractivity contribution < 1.29 is 19.0 Å². The number of fused-ring (bicyclic) bond motifs is 1. The topological polar surface area (TPSA) is 114 Å². The maximum atomic E-state index is 12.3. The van der Waals surface area contributed by atoms with Crippen LogP contribution in [0.5, 0.6) is 11.5 Å². The van der Waals surface area contributed by atoms with Gasteiger partial charge < -0.3 is 24.5 Å². The molecule has 0 radical (unpaired) electrons. The Morgan fingerprint density at radius 2 is 1.87 bits per heavy atom. The van der Waals surface area contributed by atoms with E-state index in [4.69, 9.17) is 19.9 Å². The summed E-state index contributed by atoms with van der Waals surface area (Å²) in [4.78, 5) is 24.6. The molecule has 160 valence electrons. The standard InChI is InChI=1S/C20H24BrN5O4/c1-3-28-15-8-13(14(21)10-16(15)29-4-2)9-17(27)30-7-5-6-26-12-25-18-19(22)23-11-24-20(18)26/h8,10-12H,3-7,9H2,1-2H3,(H2,22,23,24). The summed E-state index contributed by atoms with van der Waals surface area (Å²) in [5, 5.41) is 0. The second kappa shape index (κ2) is 10.2. The van der Waals surface area contributed by atoms with E-state index in [-0.39, 0.29) is 19.0 Å². The van der Waals surface area contributed by atoms with Crippen LogP contribution in [0, 0.1) is 0 Å². The Hall–Kier alpha value is -2.88. The molecule has 0 aliphatic heterocycles. The smallest absolute Gasteiger partial charge is 0.310 e. The molecule has 0 amide bonds. The molecule has 0 atom stereocenters. The third-order valence-electron chi connectivity index (χ3n) is 4.28. The van der Waals surface area contributed by atoms with Crippen LogP contribution in [0.1, 0.15) is 25.8 Å². The van der Waals surface area contributed by atoms with E-state index in [0.29, 0.717) is 54.7 Å². The van der Waals surface area contributed by atoms with Gasteiger partial charge in [0.25, 0.3) is 0 Å². The highest BCUT2D eigenvalue weighted by Crippen LogP contribution is 2.34. The van der Waals surface area contributed by atoms with Gasteiger partial charge in [-0.25, -0.2) is 15.0 Å². The van der Waals surface area contributed by atoms with Crippen LogP contribution in [0.3, 0.4) is 0 Å².